The van der Waals surface area contributed by atoms with Gasteiger partial charge in [-0.05, 0) is 158 Å². The molecule has 0 aliphatic carbocycles. The lowest BCUT2D eigenvalue weighted by Crippen LogP contribution is -2.05. The van der Waals surface area contributed by atoms with Gasteiger partial charge in [-0.2, -0.15) is 54.1 Å². The first-order valence-electron chi connectivity index (χ1n) is 22.9. The molecule has 0 aliphatic heterocycles. The largest absolute Gasteiger partial charge is 0.505 e. The first kappa shape index (κ1) is 57.5. The standard InChI is InChI=1S/C51H45N9O16S4/c1-26-15-39(56-60-50-49(80(71,72)73)21-30-18-33(10-13-36(30)51(50)61)52-32-8-11-34(74-5)12-9-32)27(2)14-38(26)53-57-42-16-28(3)40(24-45(42)75-6)54-58-43-17-29(4)41(25-46(43)76-7)55-59-44-23-37-31(20-48(44)79(68,69)70)19-35(77(62,63)64)22-47(37)78(65,66)67/h8-25,52,61H,1-7H3,(H,62,63,64)(H,65,66,67)(H,68,69,70)(H,71,72,73). The third-order valence-corrected chi connectivity index (χ3v) is 15.6. The zero-order valence-corrected chi connectivity index (χ0v) is 46.1. The normalized spacial score (nSPS) is 12.7. The first-order valence-corrected chi connectivity index (χ1v) is 28.7. The van der Waals surface area contributed by atoms with Gasteiger partial charge in [-0.15, -0.1) is 20.5 Å². The third-order valence-electron chi connectivity index (χ3n) is 12.1. The summed E-state index contributed by atoms with van der Waals surface area (Å²) < 4.78 is 155. The van der Waals surface area contributed by atoms with E-state index in [0.29, 0.717) is 74.0 Å². The van der Waals surface area contributed by atoms with Crippen LogP contribution in [0.15, 0.2) is 170 Å². The Morgan fingerprint density at radius 1 is 0.388 bits per heavy atom. The van der Waals surface area contributed by atoms with Crippen molar-refractivity contribution in [1.29, 1.82) is 0 Å². The van der Waals surface area contributed by atoms with Crippen LogP contribution in [-0.2, 0) is 40.5 Å². The molecule has 0 aromatic heterocycles. The fraction of sp³-hybridized carbons (Fsp3) is 0.137. The highest BCUT2D eigenvalue weighted by atomic mass is 32.2. The molecule has 80 heavy (non-hydrogen) atoms. The number of nitrogens with zero attached hydrogens (tertiary/aromatic N) is 8. The molecule has 8 aromatic carbocycles. The molecule has 0 heterocycles. The van der Waals surface area contributed by atoms with Crippen molar-refractivity contribution in [1.82, 2.24) is 0 Å². The molecule has 25 nitrogen and oxygen atoms in total. The van der Waals surface area contributed by atoms with Gasteiger partial charge in [0.1, 0.15) is 54.7 Å². The molecule has 0 saturated heterocycles. The minimum absolute atomic E-state index is 0.0845. The van der Waals surface area contributed by atoms with E-state index in [1.807, 2.05) is 0 Å². The number of ether oxygens (including phenoxy) is 3. The van der Waals surface area contributed by atoms with E-state index in [9.17, 15) is 57.0 Å². The highest BCUT2D eigenvalue weighted by molar-refractivity contribution is 7.87. The molecule has 0 aliphatic rings. The van der Waals surface area contributed by atoms with Crippen LogP contribution in [0.4, 0.5) is 56.9 Å². The van der Waals surface area contributed by atoms with Gasteiger partial charge >= 0.3 is 0 Å². The van der Waals surface area contributed by atoms with Gasteiger partial charge in [0, 0.05) is 34.3 Å². The number of nitrogens with one attached hydrogen (secondary N) is 1. The predicted molar refractivity (Wildman–Crippen MR) is 293 cm³/mol. The fourth-order valence-electron chi connectivity index (χ4n) is 7.98. The van der Waals surface area contributed by atoms with Gasteiger partial charge in [-0.25, -0.2) is 0 Å². The van der Waals surface area contributed by atoms with Crippen LogP contribution in [0.1, 0.15) is 22.3 Å². The summed E-state index contributed by atoms with van der Waals surface area (Å²) in [5.41, 5.74) is 4.03. The first-order chi connectivity index (χ1) is 37.6. The van der Waals surface area contributed by atoms with E-state index in [1.54, 1.807) is 102 Å². The molecule has 0 atom stereocenters. The van der Waals surface area contributed by atoms with Gasteiger partial charge in [-0.3, -0.25) is 18.2 Å². The Labute approximate surface area is 457 Å². The van der Waals surface area contributed by atoms with Gasteiger partial charge < -0.3 is 24.6 Å². The molecule has 0 unspecified atom stereocenters. The molecule has 8 rings (SSSR count). The lowest BCUT2D eigenvalue weighted by Gasteiger charge is -2.12. The number of benzene rings is 8. The average molecular weight is 1170 g/mol. The van der Waals surface area contributed by atoms with Crippen LogP contribution in [0.2, 0.25) is 0 Å². The number of hydrogen-bond acceptors (Lipinski definition) is 21. The van der Waals surface area contributed by atoms with Crippen molar-refractivity contribution in [2.24, 2.45) is 40.9 Å². The van der Waals surface area contributed by atoms with Crippen molar-refractivity contribution in [3.8, 4) is 23.0 Å². The van der Waals surface area contributed by atoms with E-state index in [0.717, 1.165) is 17.8 Å². The number of hydrogen-bond donors (Lipinski definition) is 6. The van der Waals surface area contributed by atoms with E-state index in [1.165, 1.54) is 32.4 Å². The Hall–Kier alpha value is -8.68. The summed E-state index contributed by atoms with van der Waals surface area (Å²) in [6.07, 6.45) is 0. The van der Waals surface area contributed by atoms with Crippen LogP contribution < -0.4 is 19.5 Å². The Morgan fingerprint density at radius 2 is 0.812 bits per heavy atom. The van der Waals surface area contributed by atoms with Crippen molar-refractivity contribution in [2.75, 3.05) is 26.6 Å². The smallest absolute Gasteiger partial charge is 0.296 e. The summed E-state index contributed by atoms with van der Waals surface area (Å²) in [4.78, 5) is -3.59. The minimum atomic E-state index is -5.18. The van der Waals surface area contributed by atoms with Crippen LogP contribution in [0, 0.1) is 27.7 Å². The molecule has 0 saturated carbocycles. The molecule has 0 radical (unpaired) electrons. The zero-order chi connectivity index (χ0) is 58.2. The van der Waals surface area contributed by atoms with Crippen LogP contribution in [-0.4, -0.2) is 78.3 Å². The topological polar surface area (TPSA) is 376 Å². The number of aromatic hydroxyl groups is 1. The second-order valence-corrected chi connectivity index (χ2v) is 23.2. The molecule has 0 amide bonds. The molecule has 0 spiro atoms. The van der Waals surface area contributed by atoms with Crippen molar-refractivity contribution in [3.05, 3.63) is 131 Å². The number of phenols is 1. The van der Waals surface area contributed by atoms with Crippen molar-refractivity contribution < 1.29 is 71.2 Å². The van der Waals surface area contributed by atoms with E-state index >= 15 is 0 Å². The van der Waals surface area contributed by atoms with Crippen molar-refractivity contribution in [2.45, 2.75) is 47.3 Å². The second-order valence-electron chi connectivity index (χ2n) is 17.6. The summed E-state index contributed by atoms with van der Waals surface area (Å²) in [6, 6.07) is 25.3. The summed E-state index contributed by atoms with van der Waals surface area (Å²) in [6.45, 7) is 6.79. The fourth-order valence-corrected chi connectivity index (χ4v) is 10.6. The molecule has 0 bridgehead atoms. The number of methoxy groups -OCH3 is 3. The van der Waals surface area contributed by atoms with Gasteiger partial charge in [0.2, 0.25) is 0 Å². The van der Waals surface area contributed by atoms with Crippen LogP contribution in [0.5, 0.6) is 23.0 Å². The molecular weight excluding hydrogens is 1120 g/mol. The molecule has 29 heteroatoms. The van der Waals surface area contributed by atoms with Crippen molar-refractivity contribution in [3.63, 3.8) is 0 Å². The summed E-state index contributed by atoms with van der Waals surface area (Å²) in [5, 5.41) is 48.3. The quantitative estimate of drug-likeness (QED) is 0.0364. The van der Waals surface area contributed by atoms with E-state index in [-0.39, 0.29) is 28.3 Å². The van der Waals surface area contributed by atoms with Crippen LogP contribution >= 0.6 is 0 Å². The number of fused-ring (bicyclic) bond motifs is 2. The third kappa shape index (κ3) is 12.6. The molecule has 0 fully saturated rings. The number of phenolic OH excluding ortho intramolecular Hbond substituents is 1. The van der Waals surface area contributed by atoms with Gasteiger partial charge in [0.25, 0.3) is 40.5 Å². The molecule has 8 aromatic rings. The average Bonchev–Trinajstić information content (AvgIpc) is 3.59. The van der Waals surface area contributed by atoms with Gasteiger partial charge in [0.15, 0.2) is 5.75 Å². The molecular formula is C51H45N9O16S4. The number of anilines is 2. The maximum absolute atomic E-state index is 12.6. The van der Waals surface area contributed by atoms with Gasteiger partial charge in [0.05, 0.1) is 49.0 Å². The van der Waals surface area contributed by atoms with Crippen LogP contribution in [0.3, 0.4) is 0 Å². The Morgan fingerprint density at radius 3 is 1.29 bits per heavy atom. The zero-order valence-electron chi connectivity index (χ0n) is 42.8. The summed E-state index contributed by atoms with van der Waals surface area (Å²) >= 11 is 0. The van der Waals surface area contributed by atoms with E-state index < -0.39 is 88.0 Å². The van der Waals surface area contributed by atoms with Gasteiger partial charge in [-0.1, -0.05) is 0 Å². The minimum Gasteiger partial charge on any atom is -0.505 e. The predicted octanol–water partition coefficient (Wildman–Crippen LogP) is 13.4. The second kappa shape index (κ2) is 22.2. The highest BCUT2D eigenvalue weighted by Gasteiger charge is 2.26. The number of rotatable bonds is 17. The lowest BCUT2D eigenvalue weighted by molar-refractivity contribution is 0.415. The van der Waals surface area contributed by atoms with Crippen LogP contribution in [0.25, 0.3) is 21.5 Å². The lowest BCUT2D eigenvalue weighted by atomic mass is 10.1. The monoisotopic (exact) mass is 1170 g/mol. The number of aryl methyl sites for hydroxylation is 4. The molecule has 414 valence electrons. The summed E-state index contributed by atoms with van der Waals surface area (Å²) in [7, 11) is -16.0. The maximum Gasteiger partial charge on any atom is 0.296 e. The summed E-state index contributed by atoms with van der Waals surface area (Å²) in [5.74, 6) is 0.523. The number of azo groups is 4. The van der Waals surface area contributed by atoms with Crippen molar-refractivity contribution >= 4 is 119 Å². The SMILES string of the molecule is COc1ccc(Nc2ccc3c(O)c(N=Nc4cc(C)c(N=Nc5cc(C)c(N=Nc6cc(C)c(N=Nc7cc8c(S(=O)(=O)O)cc(S(=O)(=O)O)cc8cc7S(=O)(=O)O)cc6OC)cc5OC)cc4C)c(S(=O)(=O)O)cc3c2)cc1. The Bertz CT molecular complexity index is 4460. The Balaban J connectivity index is 1.03. The maximum atomic E-state index is 12.6. The molecule has 6 N–H and O–H groups in total. The van der Waals surface area contributed by atoms with E-state index in [4.69, 9.17) is 14.2 Å². The Kier molecular flexibility index (Phi) is 16.0. The van der Waals surface area contributed by atoms with E-state index in [2.05, 4.69) is 46.2 Å². The highest BCUT2D eigenvalue weighted by Crippen LogP contribution is 2.45.